The molecule has 2 fully saturated rings. The van der Waals surface area contributed by atoms with Gasteiger partial charge < -0.3 is 30.9 Å². The van der Waals surface area contributed by atoms with Gasteiger partial charge >= 0.3 is 0 Å². The molecule has 0 bridgehead atoms. The first-order valence-corrected chi connectivity index (χ1v) is 31.3. The van der Waals surface area contributed by atoms with Gasteiger partial charge in [0.15, 0.2) is 0 Å². The minimum Gasteiger partial charge on any atom is -0.390 e. The van der Waals surface area contributed by atoms with Gasteiger partial charge in [0.1, 0.15) is 6.73 Å². The number of nitrogens with zero attached hydrogens (tertiary/aromatic N) is 6. The Morgan fingerprint density at radius 1 is 0.761 bits per heavy atom. The second-order valence-corrected chi connectivity index (χ2v) is 31.3. The summed E-state index contributed by atoms with van der Waals surface area (Å²) in [4.78, 5) is 8.45. The Labute approximate surface area is 401 Å². The van der Waals surface area contributed by atoms with E-state index in [0.29, 0.717) is 18.5 Å². The molecule has 4 aromatic rings. The van der Waals surface area contributed by atoms with Crippen molar-refractivity contribution >= 4 is 61.1 Å². The third-order valence-corrected chi connectivity index (χ3v) is 18.6. The number of hydrogen-bond donors (Lipinski definition) is 6. The van der Waals surface area contributed by atoms with E-state index < -0.39 is 43.5 Å². The van der Waals surface area contributed by atoms with E-state index in [1.165, 1.54) is 53.5 Å². The van der Waals surface area contributed by atoms with Crippen molar-refractivity contribution in [3.8, 4) is 0 Å². The maximum atomic E-state index is 12.8. The number of hydrogen-bond acceptors (Lipinski definition) is 14. The minimum atomic E-state index is -4.03. The van der Waals surface area contributed by atoms with E-state index in [0.717, 1.165) is 108 Å². The smallest absolute Gasteiger partial charge is 0.298 e. The van der Waals surface area contributed by atoms with Crippen LogP contribution in [0.5, 0.6) is 0 Å². The number of H-pyrrole nitrogens is 1. The van der Waals surface area contributed by atoms with Gasteiger partial charge in [0.05, 0.1) is 11.2 Å². The SMILES string of the molecule is CC(C)(O)C1CN(S(=O)(=O)c2nc(Nc3c4c(cc5c3CCC5)CCC4)n[nH]2)C1.CC(C)(O)C1CNC1.C[Si](C)(C)CCOCn1nc(S(=O)(=O)Cl)nc1Nc1c2c(cc3c1CCC3)CCC2. The van der Waals surface area contributed by atoms with E-state index in [4.69, 9.17) is 15.4 Å². The number of aromatic amines is 1. The lowest BCUT2D eigenvalue weighted by molar-refractivity contribution is -0.0340. The van der Waals surface area contributed by atoms with Crippen molar-refractivity contribution in [2.75, 3.05) is 43.4 Å². The second kappa shape index (κ2) is 19.4. The molecule has 67 heavy (non-hydrogen) atoms. The predicted molar refractivity (Wildman–Crippen MR) is 262 cm³/mol. The Morgan fingerprint density at radius 2 is 1.25 bits per heavy atom. The zero-order chi connectivity index (χ0) is 48.1. The number of benzene rings is 2. The standard InChI is InChI=1S/C20H29ClN4O3SSi.C20H27N5O3S.C6H13NO/c1-30(2,3)11-10-28-13-25-19(23-20(24-25)29(21,26)27)22-18-16-8-4-6-14(16)12-15-7-5-9-17(15)18;1-20(2,26)14-10-25(11-14)29(27,28)19-22-18(23-24-19)21-17-15-7-3-5-12(15)9-13-6-4-8-16(13)17;1-6(2,8)5-3-7-4-5/h12H,4-11,13H2,1-3H3,(H,22,23,24);9,14,26H,3-8,10-11H2,1-2H3,(H2,21,22,23,24);5,7-8H,3-4H2,1-2H3. The van der Waals surface area contributed by atoms with Crippen molar-refractivity contribution < 1.29 is 31.8 Å². The zero-order valence-corrected chi connectivity index (χ0v) is 43.4. The number of sulfonamides is 1. The molecule has 368 valence electrons. The Kier molecular flexibility index (Phi) is 14.4. The fourth-order valence-corrected chi connectivity index (χ4v) is 12.4. The van der Waals surface area contributed by atoms with Crippen LogP contribution in [0, 0.1) is 11.8 Å². The highest BCUT2D eigenvalue weighted by atomic mass is 35.7. The lowest BCUT2D eigenvalue weighted by atomic mass is 9.86. The largest absolute Gasteiger partial charge is 0.390 e. The van der Waals surface area contributed by atoms with E-state index in [1.807, 2.05) is 13.8 Å². The lowest BCUT2D eigenvalue weighted by Crippen LogP contribution is -2.57. The van der Waals surface area contributed by atoms with Gasteiger partial charge in [-0.25, -0.2) is 26.6 Å². The first-order valence-electron chi connectivity index (χ1n) is 23.9. The van der Waals surface area contributed by atoms with Crippen molar-refractivity contribution in [1.82, 2.24) is 39.6 Å². The molecule has 2 saturated heterocycles. The highest BCUT2D eigenvalue weighted by Crippen LogP contribution is 2.41. The Morgan fingerprint density at radius 3 is 1.67 bits per heavy atom. The molecule has 21 heteroatoms. The van der Waals surface area contributed by atoms with Gasteiger partial charge in [0, 0.05) is 74.8 Å². The monoisotopic (exact) mass is 1000 g/mol. The quantitative estimate of drug-likeness (QED) is 0.0475. The second-order valence-electron chi connectivity index (χ2n) is 21.4. The molecule has 0 saturated carbocycles. The van der Waals surface area contributed by atoms with E-state index in [-0.39, 0.29) is 36.8 Å². The average Bonchev–Trinajstić information content (AvgIpc) is 4.02. The van der Waals surface area contributed by atoms with Gasteiger partial charge in [-0.1, -0.05) is 31.8 Å². The molecule has 0 unspecified atom stereocenters. The summed E-state index contributed by atoms with van der Waals surface area (Å²) in [6.07, 6.45) is 13.1. The summed E-state index contributed by atoms with van der Waals surface area (Å²) in [6.45, 7) is 17.2. The van der Waals surface area contributed by atoms with Crippen molar-refractivity contribution in [2.24, 2.45) is 11.8 Å². The Bertz CT molecular complexity index is 2620. The van der Waals surface area contributed by atoms with Crippen LogP contribution in [0.3, 0.4) is 0 Å². The molecule has 2 aliphatic heterocycles. The number of ether oxygens (including phenoxy) is 1. The number of aliphatic hydroxyl groups is 2. The average molecular weight is 1000 g/mol. The molecule has 10 rings (SSSR count). The molecular formula is C46H69ClN10O7S2Si. The third-order valence-electron chi connectivity index (χ3n) is 14.2. The maximum Gasteiger partial charge on any atom is 0.298 e. The van der Waals surface area contributed by atoms with Crippen LogP contribution in [-0.4, -0.2) is 113 Å². The highest BCUT2D eigenvalue weighted by Gasteiger charge is 2.45. The van der Waals surface area contributed by atoms with Gasteiger partial charge in [-0.3, -0.25) is 0 Å². The summed E-state index contributed by atoms with van der Waals surface area (Å²) >= 11 is 0. The van der Waals surface area contributed by atoms with Crippen molar-refractivity contribution in [1.29, 1.82) is 0 Å². The number of halogens is 1. The molecule has 6 aliphatic rings. The summed E-state index contributed by atoms with van der Waals surface area (Å²) < 4.78 is 57.9. The van der Waals surface area contributed by atoms with Crippen molar-refractivity contribution in [3.05, 3.63) is 56.6 Å². The van der Waals surface area contributed by atoms with Gasteiger partial charge in [-0.2, -0.15) is 14.3 Å². The molecule has 4 heterocycles. The van der Waals surface area contributed by atoms with Crippen LogP contribution < -0.4 is 16.0 Å². The molecule has 0 amide bonds. The summed E-state index contributed by atoms with van der Waals surface area (Å²) in [6, 6.07) is 5.73. The number of rotatable bonds is 14. The van der Waals surface area contributed by atoms with E-state index in [2.05, 4.69) is 73.0 Å². The van der Waals surface area contributed by atoms with Gasteiger partial charge in [0.25, 0.3) is 29.4 Å². The molecule has 2 aromatic carbocycles. The molecule has 6 N–H and O–H groups in total. The van der Waals surface area contributed by atoms with Crippen LogP contribution in [0.4, 0.5) is 23.3 Å². The highest BCUT2D eigenvalue weighted by molar-refractivity contribution is 8.13. The molecule has 0 spiro atoms. The van der Waals surface area contributed by atoms with Crippen LogP contribution in [0.25, 0.3) is 0 Å². The van der Waals surface area contributed by atoms with Crippen LogP contribution in [0.1, 0.15) is 97.9 Å². The van der Waals surface area contributed by atoms with Crippen LogP contribution in [-0.2, 0) is 81.9 Å². The summed E-state index contributed by atoms with van der Waals surface area (Å²) in [5, 5.41) is 39.5. The number of fused-ring (bicyclic) bond motifs is 4. The van der Waals surface area contributed by atoms with Crippen LogP contribution in [0.15, 0.2) is 22.4 Å². The van der Waals surface area contributed by atoms with Crippen molar-refractivity contribution in [3.63, 3.8) is 0 Å². The first kappa shape index (κ1) is 49.9. The van der Waals surface area contributed by atoms with E-state index >= 15 is 0 Å². The normalized spacial score (nSPS) is 18.5. The molecule has 2 aromatic heterocycles. The number of aryl methyl sites for hydroxylation is 4. The van der Waals surface area contributed by atoms with Gasteiger partial charge in [0.2, 0.25) is 11.9 Å². The van der Waals surface area contributed by atoms with Gasteiger partial charge in [-0.15, -0.1) is 10.2 Å². The third kappa shape index (κ3) is 11.4. The summed E-state index contributed by atoms with van der Waals surface area (Å²) in [5.74, 6) is 1.05. The van der Waals surface area contributed by atoms with Crippen LogP contribution >= 0.6 is 10.7 Å². The molecule has 17 nitrogen and oxygen atoms in total. The van der Waals surface area contributed by atoms with Crippen LogP contribution in [0.2, 0.25) is 25.7 Å². The summed E-state index contributed by atoms with van der Waals surface area (Å²) in [7, 11) is -3.46. The number of nitrogens with one attached hydrogen (secondary N) is 4. The molecule has 4 aliphatic carbocycles. The molecular weight excluding hydrogens is 932 g/mol. The lowest BCUT2D eigenvalue weighted by Gasteiger charge is -2.43. The number of aromatic nitrogens is 6. The van der Waals surface area contributed by atoms with E-state index in [1.54, 1.807) is 13.8 Å². The fraction of sp³-hybridized carbons (Fsp3) is 0.652. The van der Waals surface area contributed by atoms with Gasteiger partial charge in [-0.05, 0) is 155 Å². The Hall–Kier alpha value is -3.47. The predicted octanol–water partition coefficient (Wildman–Crippen LogP) is 6.13. The summed E-state index contributed by atoms with van der Waals surface area (Å²) in [5.41, 5.74) is 11.7. The zero-order valence-electron chi connectivity index (χ0n) is 40.1. The molecule has 0 atom stereocenters. The van der Waals surface area contributed by atoms with E-state index in [9.17, 15) is 27.0 Å². The maximum absolute atomic E-state index is 12.8. The molecule has 0 radical (unpaired) electrons. The fourth-order valence-electron chi connectivity index (χ4n) is 9.70. The minimum absolute atomic E-state index is 0.0766. The first-order chi connectivity index (χ1) is 31.5. The number of anilines is 4. The topological polar surface area (TPSA) is 230 Å². The van der Waals surface area contributed by atoms with Crippen molar-refractivity contribution in [2.45, 2.75) is 159 Å². The Balaban J connectivity index is 0.000000156.